The number of carbonyl (C=O) groups is 1. The quantitative estimate of drug-likeness (QED) is 0.692. The van der Waals surface area contributed by atoms with Gasteiger partial charge in [0.25, 0.3) is 0 Å². The fourth-order valence-electron chi connectivity index (χ4n) is 1.49. The van der Waals surface area contributed by atoms with Crippen molar-refractivity contribution < 1.29 is 9.53 Å². The number of carbonyl (C=O) groups excluding carboxylic acids is 1. The van der Waals surface area contributed by atoms with Crippen LogP contribution in [-0.4, -0.2) is 30.7 Å². The summed E-state index contributed by atoms with van der Waals surface area (Å²) in [4.78, 5) is 11.6. The Bertz CT molecular complexity index is 215. The van der Waals surface area contributed by atoms with Crippen LogP contribution >= 0.6 is 0 Å². The molecule has 0 aliphatic carbocycles. The molecule has 0 saturated carbocycles. The Morgan fingerprint density at radius 1 is 1.44 bits per heavy atom. The van der Waals surface area contributed by atoms with Crippen molar-refractivity contribution in [3.8, 4) is 0 Å². The van der Waals surface area contributed by atoms with Crippen LogP contribution in [0.1, 0.15) is 41.0 Å². The van der Waals surface area contributed by atoms with Gasteiger partial charge in [-0.25, -0.2) is 0 Å². The summed E-state index contributed by atoms with van der Waals surface area (Å²) >= 11 is 0. The Balaban J connectivity index is 3.97. The van der Waals surface area contributed by atoms with Gasteiger partial charge in [0.05, 0.1) is 11.6 Å². The highest BCUT2D eigenvalue weighted by molar-refractivity contribution is 5.81. The summed E-state index contributed by atoms with van der Waals surface area (Å²) in [6.45, 7) is 11.1. The Morgan fingerprint density at radius 2 is 2.00 bits per heavy atom. The first-order valence-corrected chi connectivity index (χ1v) is 5.95. The van der Waals surface area contributed by atoms with E-state index in [1.54, 1.807) is 0 Å². The van der Waals surface area contributed by atoms with Crippen LogP contribution in [0, 0.1) is 5.92 Å². The molecule has 16 heavy (non-hydrogen) atoms. The van der Waals surface area contributed by atoms with E-state index in [9.17, 15) is 4.79 Å². The lowest BCUT2D eigenvalue weighted by Gasteiger charge is -2.25. The summed E-state index contributed by atoms with van der Waals surface area (Å²) in [6, 6.07) is -0.419. The maximum absolute atomic E-state index is 11.6. The van der Waals surface area contributed by atoms with Gasteiger partial charge in [-0.3, -0.25) is 4.79 Å². The van der Waals surface area contributed by atoms with Gasteiger partial charge in [0.1, 0.15) is 0 Å². The molecule has 0 unspecified atom stereocenters. The van der Waals surface area contributed by atoms with Crippen molar-refractivity contribution in [2.75, 3.05) is 13.2 Å². The summed E-state index contributed by atoms with van der Waals surface area (Å²) in [5, 5.41) is 2.82. The zero-order valence-corrected chi connectivity index (χ0v) is 11.2. The number of ether oxygens (including phenoxy) is 1. The summed E-state index contributed by atoms with van der Waals surface area (Å²) in [7, 11) is 0. The molecule has 0 bridgehead atoms. The molecule has 0 aliphatic heterocycles. The summed E-state index contributed by atoms with van der Waals surface area (Å²) in [6.07, 6.45) is 0.709. The number of rotatable bonds is 7. The maximum atomic E-state index is 11.6. The molecule has 0 aliphatic rings. The van der Waals surface area contributed by atoms with Gasteiger partial charge in [-0.05, 0) is 33.1 Å². The van der Waals surface area contributed by atoms with E-state index < -0.39 is 6.04 Å². The van der Waals surface area contributed by atoms with Gasteiger partial charge in [-0.1, -0.05) is 13.8 Å². The monoisotopic (exact) mass is 230 g/mol. The van der Waals surface area contributed by atoms with E-state index in [4.69, 9.17) is 10.5 Å². The van der Waals surface area contributed by atoms with E-state index in [1.807, 2.05) is 20.8 Å². The third-order valence-electron chi connectivity index (χ3n) is 2.29. The fraction of sp³-hybridized carbons (Fsp3) is 0.917. The van der Waals surface area contributed by atoms with Gasteiger partial charge in [0.15, 0.2) is 0 Å². The van der Waals surface area contributed by atoms with Gasteiger partial charge in [0, 0.05) is 13.2 Å². The van der Waals surface area contributed by atoms with Crippen molar-refractivity contribution in [1.29, 1.82) is 0 Å². The first-order chi connectivity index (χ1) is 7.28. The van der Waals surface area contributed by atoms with Crippen molar-refractivity contribution in [3.05, 3.63) is 0 Å². The molecule has 1 atom stereocenters. The van der Waals surface area contributed by atoms with Crippen molar-refractivity contribution in [2.24, 2.45) is 11.7 Å². The Hall–Kier alpha value is -0.610. The van der Waals surface area contributed by atoms with Crippen molar-refractivity contribution in [2.45, 2.75) is 52.7 Å². The minimum absolute atomic E-state index is 0.0959. The molecular weight excluding hydrogens is 204 g/mol. The van der Waals surface area contributed by atoms with E-state index in [1.165, 1.54) is 0 Å². The number of amides is 1. The molecule has 0 saturated heterocycles. The molecule has 4 heteroatoms. The molecule has 0 radical (unpaired) electrons. The van der Waals surface area contributed by atoms with Crippen LogP contribution in [0.2, 0.25) is 0 Å². The van der Waals surface area contributed by atoms with Crippen LogP contribution in [0.15, 0.2) is 0 Å². The van der Waals surface area contributed by atoms with E-state index in [0.29, 0.717) is 25.5 Å². The fourth-order valence-corrected chi connectivity index (χ4v) is 1.49. The maximum Gasteiger partial charge on any atom is 0.237 e. The van der Waals surface area contributed by atoms with Gasteiger partial charge < -0.3 is 15.8 Å². The summed E-state index contributed by atoms with van der Waals surface area (Å²) in [5.74, 6) is 0.335. The van der Waals surface area contributed by atoms with Crippen LogP contribution in [0.4, 0.5) is 0 Å². The van der Waals surface area contributed by atoms with Gasteiger partial charge in [-0.2, -0.15) is 0 Å². The predicted molar refractivity (Wildman–Crippen MR) is 66.1 cm³/mol. The largest absolute Gasteiger partial charge is 0.374 e. The minimum Gasteiger partial charge on any atom is -0.374 e. The van der Waals surface area contributed by atoms with Crippen molar-refractivity contribution in [3.63, 3.8) is 0 Å². The van der Waals surface area contributed by atoms with E-state index in [0.717, 1.165) is 0 Å². The Morgan fingerprint density at radius 3 is 2.44 bits per heavy atom. The van der Waals surface area contributed by atoms with Gasteiger partial charge in [0.2, 0.25) is 5.91 Å². The third-order valence-corrected chi connectivity index (χ3v) is 2.29. The third kappa shape index (κ3) is 6.80. The highest BCUT2D eigenvalue weighted by atomic mass is 16.5. The zero-order valence-electron chi connectivity index (χ0n) is 11.2. The molecule has 1 amide bonds. The molecule has 0 aromatic rings. The molecule has 0 heterocycles. The second kappa shape index (κ2) is 6.86. The smallest absolute Gasteiger partial charge is 0.237 e. The minimum atomic E-state index is -0.419. The molecule has 0 fully saturated rings. The molecule has 96 valence electrons. The highest BCUT2D eigenvalue weighted by Crippen LogP contribution is 2.07. The normalized spacial score (nSPS) is 13.9. The van der Waals surface area contributed by atoms with Crippen LogP contribution < -0.4 is 11.1 Å². The summed E-state index contributed by atoms with van der Waals surface area (Å²) in [5.41, 5.74) is 5.44. The number of hydrogen-bond acceptors (Lipinski definition) is 3. The number of hydrogen-bond donors (Lipinski definition) is 2. The van der Waals surface area contributed by atoms with E-state index >= 15 is 0 Å². The Kier molecular flexibility index (Phi) is 6.60. The van der Waals surface area contributed by atoms with Gasteiger partial charge >= 0.3 is 0 Å². The number of nitrogens with one attached hydrogen (secondary N) is 1. The average Bonchev–Trinajstić information content (AvgIpc) is 2.13. The Labute approximate surface area is 98.9 Å². The molecular formula is C12H26N2O2. The molecule has 0 aromatic carbocycles. The second-order valence-electron chi connectivity index (χ2n) is 5.15. The molecule has 0 aromatic heterocycles. The molecule has 4 nitrogen and oxygen atoms in total. The molecule has 0 rings (SSSR count). The number of nitrogens with two attached hydrogens (primary N) is 1. The highest BCUT2D eigenvalue weighted by Gasteiger charge is 2.21. The van der Waals surface area contributed by atoms with Crippen LogP contribution in [-0.2, 0) is 9.53 Å². The van der Waals surface area contributed by atoms with Crippen LogP contribution in [0.5, 0.6) is 0 Å². The lowest BCUT2D eigenvalue weighted by Crippen LogP contribution is -2.47. The first kappa shape index (κ1) is 15.4. The summed E-state index contributed by atoms with van der Waals surface area (Å²) < 4.78 is 5.49. The van der Waals surface area contributed by atoms with E-state index in [-0.39, 0.29) is 11.5 Å². The van der Waals surface area contributed by atoms with E-state index in [2.05, 4.69) is 19.2 Å². The lowest BCUT2D eigenvalue weighted by atomic mass is 10.0. The molecule has 0 spiro atoms. The van der Waals surface area contributed by atoms with Crippen molar-refractivity contribution >= 4 is 5.91 Å². The topological polar surface area (TPSA) is 64.3 Å². The predicted octanol–water partition coefficient (Wildman–Crippen LogP) is 1.29. The standard InChI is InChI=1S/C12H26N2O2/c1-6-16-12(4,5)8-14-11(15)10(13)7-9(2)3/h9-10H,6-8,13H2,1-5H3,(H,14,15)/t10-/m1/s1. The second-order valence-corrected chi connectivity index (χ2v) is 5.15. The van der Waals surface area contributed by atoms with Crippen molar-refractivity contribution in [1.82, 2.24) is 5.32 Å². The SMILES string of the molecule is CCOC(C)(C)CNC(=O)[C@H](N)CC(C)C. The molecule has 3 N–H and O–H groups in total. The van der Waals surface area contributed by atoms with Crippen LogP contribution in [0.25, 0.3) is 0 Å². The van der Waals surface area contributed by atoms with Gasteiger partial charge in [-0.15, -0.1) is 0 Å². The lowest BCUT2D eigenvalue weighted by molar-refractivity contribution is -0.124. The van der Waals surface area contributed by atoms with Crippen LogP contribution in [0.3, 0.4) is 0 Å². The first-order valence-electron chi connectivity index (χ1n) is 5.95. The average molecular weight is 230 g/mol. The zero-order chi connectivity index (χ0) is 12.8.